The van der Waals surface area contributed by atoms with Crippen LogP contribution in [-0.2, 0) is 0 Å². The minimum atomic E-state index is 0.281. The molecule has 0 spiro atoms. The molecule has 3 rings (SSSR count). The molecule has 0 amide bonds. The Morgan fingerprint density at radius 1 is 1.12 bits per heavy atom. The first-order valence-electron chi connectivity index (χ1n) is 7.50. The summed E-state index contributed by atoms with van der Waals surface area (Å²) < 4.78 is 0. The molecule has 2 aromatic carbocycles. The van der Waals surface area contributed by atoms with E-state index in [1.807, 2.05) is 67.8 Å². The van der Waals surface area contributed by atoms with E-state index in [1.54, 1.807) is 0 Å². The molecule has 5 heteroatoms. The fraction of sp³-hybridized carbons (Fsp3) is 0.105. The molecule has 0 saturated heterocycles. The quantitative estimate of drug-likeness (QED) is 0.553. The van der Waals surface area contributed by atoms with Gasteiger partial charge in [0, 0.05) is 10.9 Å². The number of hydrogen-bond acceptors (Lipinski definition) is 5. The fourth-order valence-electron chi connectivity index (χ4n) is 2.23. The van der Waals surface area contributed by atoms with E-state index in [-0.39, 0.29) is 5.71 Å². The minimum Gasteiger partial charge on any atom is -0.277 e. The maximum atomic E-state index is 9.41. The van der Waals surface area contributed by atoms with Crippen molar-refractivity contribution in [1.29, 1.82) is 5.26 Å². The topological polar surface area (TPSA) is 61.1 Å². The van der Waals surface area contributed by atoms with E-state index in [0.29, 0.717) is 5.01 Å². The van der Waals surface area contributed by atoms with Crippen molar-refractivity contribution in [2.24, 2.45) is 5.10 Å². The highest BCUT2D eigenvalue weighted by molar-refractivity contribution is 7.12. The Hall–Kier alpha value is -2.97. The molecule has 3 aromatic rings. The van der Waals surface area contributed by atoms with Gasteiger partial charge in [-0.15, -0.1) is 11.3 Å². The molecule has 0 radical (unpaired) electrons. The number of nitrogens with one attached hydrogen (secondary N) is 1. The van der Waals surface area contributed by atoms with E-state index in [2.05, 4.69) is 21.6 Å². The molecular formula is C19H16N4S. The lowest BCUT2D eigenvalue weighted by Gasteiger charge is -2.07. The van der Waals surface area contributed by atoms with E-state index < -0.39 is 0 Å². The summed E-state index contributed by atoms with van der Waals surface area (Å²) in [5.74, 6) is 0. The van der Waals surface area contributed by atoms with Crippen molar-refractivity contribution in [1.82, 2.24) is 4.98 Å². The summed E-state index contributed by atoms with van der Waals surface area (Å²) in [7, 11) is 0. The van der Waals surface area contributed by atoms with E-state index in [9.17, 15) is 5.26 Å². The number of aryl methyl sites for hydroxylation is 1. The maximum Gasteiger partial charge on any atom is 0.196 e. The van der Waals surface area contributed by atoms with E-state index in [1.165, 1.54) is 16.9 Å². The number of thiazole rings is 1. The van der Waals surface area contributed by atoms with Gasteiger partial charge < -0.3 is 0 Å². The van der Waals surface area contributed by atoms with Gasteiger partial charge in [-0.2, -0.15) is 10.4 Å². The number of nitriles is 1. The molecule has 0 aliphatic carbocycles. The van der Waals surface area contributed by atoms with Crippen LogP contribution in [0.25, 0.3) is 11.3 Å². The number of hydrazone groups is 1. The normalized spacial score (nSPS) is 11.1. The van der Waals surface area contributed by atoms with Crippen molar-refractivity contribution in [2.45, 2.75) is 13.8 Å². The molecule has 0 atom stereocenters. The Balaban J connectivity index is 1.86. The predicted molar refractivity (Wildman–Crippen MR) is 99.2 cm³/mol. The number of benzene rings is 2. The average molecular weight is 332 g/mol. The Labute approximate surface area is 145 Å². The van der Waals surface area contributed by atoms with Gasteiger partial charge >= 0.3 is 0 Å². The Bertz CT molecular complexity index is 920. The Kier molecular flexibility index (Phi) is 4.69. The highest BCUT2D eigenvalue weighted by Gasteiger charge is 2.10. The van der Waals surface area contributed by atoms with Crippen LogP contribution in [0.15, 0.2) is 59.0 Å². The van der Waals surface area contributed by atoms with Crippen molar-refractivity contribution < 1.29 is 0 Å². The summed E-state index contributed by atoms with van der Waals surface area (Å²) >= 11 is 1.42. The summed E-state index contributed by atoms with van der Waals surface area (Å²) in [5, 5.41) is 16.2. The maximum absolute atomic E-state index is 9.41. The number of aromatic nitrogens is 1. The van der Waals surface area contributed by atoms with Crippen molar-refractivity contribution >= 4 is 22.7 Å². The second kappa shape index (κ2) is 7.07. The lowest BCUT2D eigenvalue weighted by Crippen LogP contribution is -2.02. The van der Waals surface area contributed by atoms with Gasteiger partial charge in [0.05, 0.1) is 11.4 Å². The second-order valence-electron chi connectivity index (χ2n) is 5.34. The zero-order valence-corrected chi connectivity index (χ0v) is 14.3. The Morgan fingerprint density at radius 2 is 1.92 bits per heavy atom. The van der Waals surface area contributed by atoms with Crippen LogP contribution in [-0.4, -0.2) is 10.7 Å². The molecule has 0 fully saturated rings. The van der Waals surface area contributed by atoms with Crippen LogP contribution in [0.2, 0.25) is 0 Å². The summed E-state index contributed by atoms with van der Waals surface area (Å²) in [5.41, 5.74) is 8.32. The van der Waals surface area contributed by atoms with Crippen molar-refractivity contribution in [3.63, 3.8) is 0 Å². The second-order valence-corrected chi connectivity index (χ2v) is 6.19. The first kappa shape index (κ1) is 15.9. The molecular weight excluding hydrogens is 316 g/mol. The average Bonchev–Trinajstić information content (AvgIpc) is 3.10. The molecule has 1 aromatic heterocycles. The number of hydrogen-bond donors (Lipinski definition) is 1. The smallest absolute Gasteiger partial charge is 0.196 e. The van der Waals surface area contributed by atoms with Crippen LogP contribution in [0, 0.1) is 25.2 Å². The van der Waals surface area contributed by atoms with Gasteiger partial charge in [0.25, 0.3) is 0 Å². The van der Waals surface area contributed by atoms with E-state index >= 15 is 0 Å². The standard InChI is InChI=1S/C19H16N4S/c1-13-7-6-10-16(14(13)2)22-23-17(11-20)19-21-18(12-24-19)15-8-4-3-5-9-15/h3-10,12,22H,1-2H3/b23-17-. The van der Waals surface area contributed by atoms with Gasteiger partial charge in [-0.05, 0) is 31.0 Å². The lowest BCUT2D eigenvalue weighted by atomic mass is 10.1. The van der Waals surface area contributed by atoms with Crippen LogP contribution in [0.3, 0.4) is 0 Å². The van der Waals surface area contributed by atoms with Crippen molar-refractivity contribution in [2.75, 3.05) is 5.43 Å². The third-order valence-electron chi connectivity index (χ3n) is 3.78. The number of rotatable bonds is 4. The highest BCUT2D eigenvalue weighted by Crippen LogP contribution is 2.22. The molecule has 4 nitrogen and oxygen atoms in total. The van der Waals surface area contributed by atoms with Gasteiger partial charge in [-0.1, -0.05) is 42.5 Å². The van der Waals surface area contributed by atoms with Crippen LogP contribution in [0.5, 0.6) is 0 Å². The van der Waals surface area contributed by atoms with Crippen LogP contribution >= 0.6 is 11.3 Å². The SMILES string of the molecule is Cc1cccc(N/N=C(/C#N)c2nc(-c3ccccc3)cs2)c1C. The van der Waals surface area contributed by atoms with Crippen LogP contribution in [0.4, 0.5) is 5.69 Å². The van der Waals surface area contributed by atoms with Gasteiger partial charge in [-0.25, -0.2) is 4.98 Å². The first-order valence-corrected chi connectivity index (χ1v) is 8.38. The summed E-state index contributed by atoms with van der Waals surface area (Å²) in [4.78, 5) is 4.53. The minimum absolute atomic E-state index is 0.281. The molecule has 24 heavy (non-hydrogen) atoms. The molecule has 1 heterocycles. The van der Waals surface area contributed by atoms with Gasteiger partial charge in [0.2, 0.25) is 0 Å². The Morgan fingerprint density at radius 3 is 2.67 bits per heavy atom. The van der Waals surface area contributed by atoms with Crippen molar-refractivity contribution in [3.05, 3.63) is 70.0 Å². The highest BCUT2D eigenvalue weighted by atomic mass is 32.1. The number of nitrogens with zero attached hydrogens (tertiary/aromatic N) is 3. The molecule has 0 saturated carbocycles. The zero-order chi connectivity index (χ0) is 16.9. The van der Waals surface area contributed by atoms with E-state index in [4.69, 9.17) is 0 Å². The van der Waals surface area contributed by atoms with Crippen LogP contribution < -0.4 is 5.43 Å². The number of anilines is 1. The van der Waals surface area contributed by atoms with Gasteiger partial charge in [0.15, 0.2) is 10.7 Å². The third kappa shape index (κ3) is 3.34. The van der Waals surface area contributed by atoms with Gasteiger partial charge in [0.1, 0.15) is 6.07 Å². The van der Waals surface area contributed by atoms with Crippen molar-refractivity contribution in [3.8, 4) is 17.3 Å². The fourth-order valence-corrected chi connectivity index (χ4v) is 3.00. The molecule has 118 valence electrons. The summed E-state index contributed by atoms with van der Waals surface area (Å²) in [6, 6.07) is 18.0. The first-order chi connectivity index (χ1) is 11.7. The molecule has 0 aliphatic rings. The predicted octanol–water partition coefficient (Wildman–Crippen LogP) is 4.77. The molecule has 0 aliphatic heterocycles. The zero-order valence-electron chi connectivity index (χ0n) is 13.4. The van der Waals surface area contributed by atoms with Gasteiger partial charge in [-0.3, -0.25) is 5.43 Å². The monoisotopic (exact) mass is 332 g/mol. The molecule has 0 bridgehead atoms. The van der Waals surface area contributed by atoms with Crippen LogP contribution in [0.1, 0.15) is 16.1 Å². The molecule has 1 N–H and O–H groups in total. The summed E-state index contributed by atoms with van der Waals surface area (Å²) in [6.07, 6.45) is 0. The third-order valence-corrected chi connectivity index (χ3v) is 4.62. The largest absolute Gasteiger partial charge is 0.277 e. The van der Waals surface area contributed by atoms with E-state index in [0.717, 1.165) is 22.5 Å². The lowest BCUT2D eigenvalue weighted by molar-refractivity contribution is 1.26. The molecule has 0 unspecified atom stereocenters. The summed E-state index contributed by atoms with van der Waals surface area (Å²) in [6.45, 7) is 4.07.